The van der Waals surface area contributed by atoms with E-state index in [-0.39, 0.29) is 18.1 Å². The Hall–Kier alpha value is -1.40. The maximum atomic E-state index is 12.3. The fourth-order valence-corrected chi connectivity index (χ4v) is 3.49. The second kappa shape index (κ2) is 6.58. The van der Waals surface area contributed by atoms with E-state index in [1.165, 1.54) is 16.2 Å². The molecule has 1 N–H and O–H groups in total. The van der Waals surface area contributed by atoms with Gasteiger partial charge in [-0.15, -0.1) is 11.3 Å². The van der Waals surface area contributed by atoms with Crippen molar-refractivity contribution in [1.29, 1.82) is 0 Å². The number of amides is 1. The van der Waals surface area contributed by atoms with Crippen molar-refractivity contribution in [2.75, 3.05) is 6.54 Å². The molecule has 0 aromatic carbocycles. The Morgan fingerprint density at radius 2 is 2.19 bits per heavy atom. The topological polar surface area (TPSA) is 74.7 Å². The summed E-state index contributed by atoms with van der Waals surface area (Å²) in [5.41, 5.74) is 0. The number of thiophene rings is 1. The Morgan fingerprint density at radius 1 is 1.48 bits per heavy atom. The minimum Gasteiger partial charge on any atom is -0.480 e. The number of likely N-dealkylation sites (tertiary alicyclic amines) is 1. The molecule has 21 heavy (non-hydrogen) atoms. The van der Waals surface area contributed by atoms with E-state index < -0.39 is 17.9 Å². The smallest absolute Gasteiger partial charge is 0.326 e. The molecule has 1 aliphatic rings. The van der Waals surface area contributed by atoms with Crippen LogP contribution in [0.15, 0.2) is 12.1 Å². The Kier molecular flexibility index (Phi) is 5.00. The quantitative estimate of drug-likeness (QED) is 0.843. The summed E-state index contributed by atoms with van der Waals surface area (Å²) in [6.45, 7) is 2.10. The predicted molar refractivity (Wildman–Crippen MR) is 79.8 cm³/mol. The molecule has 1 unspecified atom stereocenters. The second-order valence-corrected chi connectivity index (χ2v) is 6.88. The van der Waals surface area contributed by atoms with E-state index in [0.29, 0.717) is 28.6 Å². The van der Waals surface area contributed by atoms with Crippen molar-refractivity contribution in [3.8, 4) is 0 Å². The molecule has 0 aliphatic carbocycles. The van der Waals surface area contributed by atoms with Crippen molar-refractivity contribution < 1.29 is 19.5 Å². The summed E-state index contributed by atoms with van der Waals surface area (Å²) in [6.07, 6.45) is 1.23. The van der Waals surface area contributed by atoms with Crippen molar-refractivity contribution in [3.05, 3.63) is 21.3 Å². The van der Waals surface area contributed by atoms with Gasteiger partial charge in [0.05, 0.1) is 9.21 Å². The van der Waals surface area contributed by atoms with Crippen LogP contribution in [0.1, 0.15) is 35.9 Å². The fourth-order valence-electron chi connectivity index (χ4n) is 2.50. The van der Waals surface area contributed by atoms with Crippen LogP contribution in [0.5, 0.6) is 0 Å². The average Bonchev–Trinajstić information content (AvgIpc) is 3.05. The Balaban J connectivity index is 1.99. The van der Waals surface area contributed by atoms with Crippen LogP contribution in [0, 0.1) is 5.92 Å². The van der Waals surface area contributed by atoms with Gasteiger partial charge >= 0.3 is 5.97 Å². The van der Waals surface area contributed by atoms with Crippen LogP contribution in [0.4, 0.5) is 0 Å². The van der Waals surface area contributed by atoms with Crippen LogP contribution in [-0.2, 0) is 9.59 Å². The number of Topliss-reactive ketones (excluding diaryl/α,β-unsaturated/α-hetero) is 1. The minimum absolute atomic E-state index is 0.0680. The first kappa shape index (κ1) is 16.0. The molecule has 1 fully saturated rings. The van der Waals surface area contributed by atoms with Crippen LogP contribution < -0.4 is 0 Å². The van der Waals surface area contributed by atoms with Crippen molar-refractivity contribution in [3.63, 3.8) is 0 Å². The first-order chi connectivity index (χ1) is 9.90. The van der Waals surface area contributed by atoms with E-state index in [4.69, 9.17) is 16.7 Å². The van der Waals surface area contributed by atoms with Crippen LogP contribution in [0.3, 0.4) is 0 Å². The fraction of sp³-hybridized carbons (Fsp3) is 0.500. The van der Waals surface area contributed by atoms with Crippen molar-refractivity contribution in [1.82, 2.24) is 4.90 Å². The van der Waals surface area contributed by atoms with Crippen LogP contribution in [-0.4, -0.2) is 40.3 Å². The van der Waals surface area contributed by atoms with Crippen molar-refractivity contribution in [2.45, 2.75) is 32.2 Å². The number of ketones is 1. The van der Waals surface area contributed by atoms with Gasteiger partial charge in [0, 0.05) is 18.9 Å². The Bertz CT molecular complexity index is 571. The molecule has 1 aromatic rings. The Labute approximate surface area is 131 Å². The molecule has 1 aromatic heterocycles. The molecule has 0 radical (unpaired) electrons. The molecule has 0 bridgehead atoms. The summed E-state index contributed by atoms with van der Waals surface area (Å²) in [6, 6.07) is 2.53. The van der Waals surface area contributed by atoms with Gasteiger partial charge in [-0.25, -0.2) is 4.79 Å². The monoisotopic (exact) mass is 329 g/mol. The summed E-state index contributed by atoms with van der Waals surface area (Å²) in [5, 5.41) is 9.10. The van der Waals surface area contributed by atoms with E-state index in [2.05, 4.69) is 0 Å². The highest BCUT2D eigenvalue weighted by atomic mass is 35.5. The first-order valence-electron chi connectivity index (χ1n) is 6.72. The molecular formula is C14H16ClNO4S. The molecule has 1 aliphatic heterocycles. The van der Waals surface area contributed by atoms with Gasteiger partial charge in [0.2, 0.25) is 5.91 Å². The number of hydrogen-bond donors (Lipinski definition) is 1. The number of carbonyl (C=O) groups is 3. The van der Waals surface area contributed by atoms with Gasteiger partial charge < -0.3 is 10.0 Å². The molecule has 2 heterocycles. The van der Waals surface area contributed by atoms with Crippen molar-refractivity contribution >= 4 is 40.6 Å². The third kappa shape index (κ3) is 3.63. The number of halogens is 1. The van der Waals surface area contributed by atoms with E-state index >= 15 is 0 Å². The second-order valence-electron chi connectivity index (χ2n) is 5.16. The summed E-state index contributed by atoms with van der Waals surface area (Å²) in [4.78, 5) is 37.4. The van der Waals surface area contributed by atoms with Gasteiger partial charge in [-0.1, -0.05) is 18.5 Å². The van der Waals surface area contributed by atoms with Gasteiger partial charge in [-0.3, -0.25) is 9.59 Å². The molecular weight excluding hydrogens is 314 g/mol. The lowest BCUT2D eigenvalue weighted by Gasteiger charge is -2.24. The summed E-state index contributed by atoms with van der Waals surface area (Å²) in [7, 11) is 0. The molecule has 114 valence electrons. The average molecular weight is 330 g/mol. The number of hydrogen-bond acceptors (Lipinski definition) is 4. The highest BCUT2D eigenvalue weighted by Gasteiger charge is 2.36. The van der Waals surface area contributed by atoms with Gasteiger partial charge in [-0.05, 0) is 25.0 Å². The largest absolute Gasteiger partial charge is 0.480 e. The molecule has 1 saturated heterocycles. The molecule has 2 atom stereocenters. The zero-order chi connectivity index (χ0) is 15.6. The minimum atomic E-state index is -0.982. The van der Waals surface area contributed by atoms with Crippen LogP contribution in [0.25, 0.3) is 0 Å². The summed E-state index contributed by atoms with van der Waals surface area (Å²) in [5.74, 6) is -1.92. The van der Waals surface area contributed by atoms with E-state index in [9.17, 15) is 14.4 Å². The molecule has 0 spiro atoms. The van der Waals surface area contributed by atoms with Gasteiger partial charge in [-0.2, -0.15) is 0 Å². The zero-order valence-corrected chi connectivity index (χ0v) is 13.1. The number of rotatable bonds is 5. The lowest BCUT2D eigenvalue weighted by molar-refractivity contribution is -0.149. The number of aliphatic carboxylic acids is 1. The standard InChI is InChI=1S/C14H16ClNO4S/c1-8(7-10(17)11-4-5-12(15)21-11)13(18)16-6-2-3-9(16)14(19)20/h4-5,8-9H,2-3,6-7H2,1H3,(H,19,20)/t8?,9-/m1/s1. The maximum Gasteiger partial charge on any atom is 0.326 e. The molecule has 2 rings (SSSR count). The SMILES string of the molecule is CC(CC(=O)c1ccc(Cl)s1)C(=O)N1CCC[C@@H]1C(=O)O. The van der Waals surface area contributed by atoms with E-state index in [0.717, 1.165) is 0 Å². The molecule has 0 saturated carbocycles. The first-order valence-corrected chi connectivity index (χ1v) is 7.91. The number of carboxylic acids is 1. The molecule has 7 heteroatoms. The highest BCUT2D eigenvalue weighted by Crippen LogP contribution is 2.25. The number of carboxylic acid groups (broad SMARTS) is 1. The van der Waals surface area contributed by atoms with Gasteiger partial charge in [0.1, 0.15) is 6.04 Å². The van der Waals surface area contributed by atoms with E-state index in [1.54, 1.807) is 19.1 Å². The lowest BCUT2D eigenvalue weighted by Crippen LogP contribution is -2.43. The molecule has 1 amide bonds. The lowest BCUT2D eigenvalue weighted by atomic mass is 10.0. The Morgan fingerprint density at radius 3 is 2.76 bits per heavy atom. The van der Waals surface area contributed by atoms with Gasteiger partial charge in [0.15, 0.2) is 5.78 Å². The van der Waals surface area contributed by atoms with Crippen LogP contribution >= 0.6 is 22.9 Å². The zero-order valence-electron chi connectivity index (χ0n) is 11.5. The summed E-state index contributed by atoms with van der Waals surface area (Å²) < 4.78 is 0.530. The predicted octanol–water partition coefficient (Wildman–Crippen LogP) is 2.69. The highest BCUT2D eigenvalue weighted by molar-refractivity contribution is 7.18. The molecule has 5 nitrogen and oxygen atoms in total. The van der Waals surface area contributed by atoms with Gasteiger partial charge in [0.25, 0.3) is 0 Å². The number of nitrogens with zero attached hydrogens (tertiary/aromatic N) is 1. The maximum absolute atomic E-state index is 12.3. The normalized spacial score (nSPS) is 19.5. The third-order valence-electron chi connectivity index (χ3n) is 3.58. The summed E-state index contributed by atoms with van der Waals surface area (Å²) >= 11 is 6.97. The third-order valence-corrected chi connectivity index (χ3v) is 4.85. The van der Waals surface area contributed by atoms with Crippen molar-refractivity contribution in [2.24, 2.45) is 5.92 Å². The van der Waals surface area contributed by atoms with E-state index in [1.807, 2.05) is 0 Å². The van der Waals surface area contributed by atoms with Crippen LogP contribution in [0.2, 0.25) is 4.34 Å². The number of carbonyl (C=O) groups excluding carboxylic acids is 2.